The Hall–Kier alpha value is -3.99. The molecule has 0 unspecified atom stereocenters. The van der Waals surface area contributed by atoms with Crippen LogP contribution >= 0.6 is 0 Å². The van der Waals surface area contributed by atoms with E-state index < -0.39 is 73.0 Å². The van der Waals surface area contributed by atoms with Crippen molar-refractivity contribution in [2.75, 3.05) is 32.8 Å². The fourth-order valence-corrected chi connectivity index (χ4v) is 5.17. The molecule has 5 amide bonds. The van der Waals surface area contributed by atoms with Crippen LogP contribution in [0.2, 0.25) is 0 Å². The number of nitrogens with two attached hydrogens (primary N) is 2. The second-order valence-corrected chi connectivity index (χ2v) is 11.4. The van der Waals surface area contributed by atoms with E-state index in [9.17, 15) is 33.9 Å². The van der Waals surface area contributed by atoms with E-state index in [1.165, 1.54) is 4.90 Å². The second kappa shape index (κ2) is 18.0. The van der Waals surface area contributed by atoms with Crippen LogP contribution in [0.1, 0.15) is 58.8 Å². The Morgan fingerprint density at radius 2 is 1.66 bits per heavy atom. The third-order valence-electron chi connectivity index (χ3n) is 7.34. The fourth-order valence-electron chi connectivity index (χ4n) is 5.17. The van der Waals surface area contributed by atoms with Gasteiger partial charge in [-0.05, 0) is 57.4 Å². The SMILES string of the molecule is CC(C)C[C@H](NC(=O)[C@@H]1CCCN1C(=O)[C@H](CCCN=C(N)N)NC(=O)[C@@H]1CCCN1)C(=O)N[C@@H](CO)C(=O)NCC(=O)O. The molecule has 0 aromatic rings. The monoisotopic (exact) mass is 625 g/mol. The molecule has 2 aliphatic rings. The van der Waals surface area contributed by atoms with E-state index in [1.807, 2.05) is 13.8 Å². The van der Waals surface area contributed by atoms with Gasteiger partial charge in [0.05, 0.1) is 12.6 Å². The van der Waals surface area contributed by atoms with Crippen LogP contribution in [0.15, 0.2) is 4.99 Å². The van der Waals surface area contributed by atoms with Gasteiger partial charge in [0.2, 0.25) is 29.5 Å². The lowest BCUT2D eigenvalue weighted by Gasteiger charge is -2.30. The first kappa shape index (κ1) is 36.2. The number of amides is 5. The van der Waals surface area contributed by atoms with Crippen LogP contribution in [0.4, 0.5) is 0 Å². The average Bonchev–Trinajstić information content (AvgIpc) is 3.68. The Kier molecular flexibility index (Phi) is 14.8. The molecule has 0 saturated carbocycles. The lowest BCUT2D eigenvalue weighted by atomic mass is 10.0. The number of carbonyl (C=O) groups is 6. The summed E-state index contributed by atoms with van der Waals surface area (Å²) in [5.41, 5.74) is 10.8. The quantitative estimate of drug-likeness (QED) is 0.0434. The molecule has 0 radical (unpaired) electrons. The number of aliphatic hydroxyl groups is 1. The molecule has 0 spiro atoms. The summed E-state index contributed by atoms with van der Waals surface area (Å²) in [4.78, 5) is 81.5. The smallest absolute Gasteiger partial charge is 0.322 e. The maximum atomic E-state index is 13.7. The Balaban J connectivity index is 2.14. The summed E-state index contributed by atoms with van der Waals surface area (Å²) in [6.45, 7) is 3.39. The standard InChI is InChI=1S/C27H47N9O8/c1-15(2)12-18(24(42)35-19(14-37)22(40)32-13-21(38)39)34-25(43)20-8-5-11-36(20)26(44)17(7-4-10-31-27(28)29)33-23(41)16-6-3-9-30-16/h15-20,30,37H,3-14H2,1-2H3,(H,32,40)(H,33,41)(H,34,43)(H,35,42)(H,38,39)(H4,28,29,31)/t16-,17-,18-,19-,20-/m0/s1. The Bertz CT molecular complexity index is 1060. The molecule has 5 atom stereocenters. The highest BCUT2D eigenvalue weighted by atomic mass is 16.4. The van der Waals surface area contributed by atoms with Gasteiger partial charge in [-0.25, -0.2) is 0 Å². The molecular formula is C27H47N9O8. The predicted molar refractivity (Wildman–Crippen MR) is 159 cm³/mol. The van der Waals surface area contributed by atoms with Gasteiger partial charge < -0.3 is 53.2 Å². The lowest BCUT2D eigenvalue weighted by Crippen LogP contribution is -2.59. The number of aliphatic carboxylic acids is 1. The van der Waals surface area contributed by atoms with Crippen LogP contribution < -0.4 is 38.1 Å². The number of guanidine groups is 1. The van der Waals surface area contributed by atoms with Crippen molar-refractivity contribution in [2.45, 2.75) is 89.0 Å². The summed E-state index contributed by atoms with van der Waals surface area (Å²) in [5.74, 6) is -4.40. The maximum absolute atomic E-state index is 13.7. The molecular weight excluding hydrogens is 578 g/mol. The molecule has 248 valence electrons. The van der Waals surface area contributed by atoms with Crippen LogP contribution in [-0.2, 0) is 28.8 Å². The topological polar surface area (TPSA) is 271 Å². The number of carboxylic acid groups (broad SMARTS) is 1. The van der Waals surface area contributed by atoms with E-state index in [0.29, 0.717) is 32.2 Å². The van der Waals surface area contributed by atoms with Crippen molar-refractivity contribution in [1.29, 1.82) is 0 Å². The zero-order chi connectivity index (χ0) is 32.8. The van der Waals surface area contributed by atoms with Crippen LogP contribution in [0.3, 0.4) is 0 Å². The number of hydrogen-bond donors (Lipinski definition) is 9. The third-order valence-corrected chi connectivity index (χ3v) is 7.34. The Morgan fingerprint density at radius 3 is 2.25 bits per heavy atom. The van der Waals surface area contributed by atoms with Gasteiger partial charge in [-0.3, -0.25) is 33.8 Å². The number of likely N-dealkylation sites (tertiary alicyclic amines) is 1. The minimum atomic E-state index is -1.43. The maximum Gasteiger partial charge on any atom is 0.322 e. The summed E-state index contributed by atoms with van der Waals surface area (Å²) >= 11 is 0. The number of aliphatic imine (C=N–C) groups is 1. The number of nitrogens with one attached hydrogen (secondary N) is 5. The van der Waals surface area contributed by atoms with Gasteiger partial charge in [-0.2, -0.15) is 0 Å². The molecule has 2 saturated heterocycles. The lowest BCUT2D eigenvalue weighted by molar-refractivity contribution is -0.142. The van der Waals surface area contributed by atoms with Crippen LogP contribution in [-0.4, -0.2) is 120 Å². The molecule has 44 heavy (non-hydrogen) atoms. The normalized spacial score (nSPS) is 19.9. The van der Waals surface area contributed by atoms with Crippen LogP contribution in [0, 0.1) is 5.92 Å². The van der Waals surface area contributed by atoms with Gasteiger partial charge in [0.25, 0.3) is 0 Å². The van der Waals surface area contributed by atoms with Gasteiger partial charge in [0, 0.05) is 13.1 Å². The molecule has 0 aliphatic carbocycles. The number of carbonyl (C=O) groups excluding carboxylic acids is 5. The molecule has 0 bridgehead atoms. The Labute approximate surface area is 256 Å². The summed E-state index contributed by atoms with van der Waals surface area (Å²) in [7, 11) is 0. The number of rotatable bonds is 17. The van der Waals surface area contributed by atoms with Crippen LogP contribution in [0.25, 0.3) is 0 Å². The highest BCUT2D eigenvalue weighted by Crippen LogP contribution is 2.21. The summed E-state index contributed by atoms with van der Waals surface area (Å²) < 4.78 is 0. The highest BCUT2D eigenvalue weighted by molar-refractivity contribution is 5.96. The minimum Gasteiger partial charge on any atom is -0.480 e. The highest BCUT2D eigenvalue weighted by Gasteiger charge is 2.39. The minimum absolute atomic E-state index is 0.0604. The molecule has 0 aromatic heterocycles. The fraction of sp³-hybridized carbons (Fsp3) is 0.741. The largest absolute Gasteiger partial charge is 0.480 e. The van der Waals surface area contributed by atoms with Gasteiger partial charge in [-0.1, -0.05) is 13.8 Å². The van der Waals surface area contributed by atoms with E-state index in [0.717, 1.165) is 6.42 Å². The van der Waals surface area contributed by atoms with E-state index in [1.54, 1.807) is 0 Å². The number of aliphatic hydroxyl groups excluding tert-OH is 1. The number of hydrogen-bond acceptors (Lipinski definition) is 9. The zero-order valence-corrected chi connectivity index (χ0v) is 25.3. The Morgan fingerprint density at radius 1 is 0.955 bits per heavy atom. The molecule has 11 N–H and O–H groups in total. The summed E-state index contributed by atoms with van der Waals surface area (Å²) in [6, 6.07) is -4.78. The molecule has 17 nitrogen and oxygen atoms in total. The number of nitrogens with zero attached hydrogens (tertiary/aromatic N) is 2. The van der Waals surface area contributed by atoms with Gasteiger partial charge in [0.1, 0.15) is 30.7 Å². The van der Waals surface area contributed by atoms with Crippen molar-refractivity contribution in [3.05, 3.63) is 0 Å². The molecule has 2 rings (SSSR count). The summed E-state index contributed by atoms with van der Waals surface area (Å²) in [6.07, 6.45) is 3.18. The molecule has 17 heteroatoms. The first-order valence-electron chi connectivity index (χ1n) is 14.9. The van der Waals surface area contributed by atoms with Crippen molar-refractivity contribution in [1.82, 2.24) is 31.5 Å². The van der Waals surface area contributed by atoms with Crippen molar-refractivity contribution >= 4 is 41.5 Å². The first-order valence-corrected chi connectivity index (χ1v) is 14.9. The van der Waals surface area contributed by atoms with E-state index in [2.05, 4.69) is 31.6 Å². The van der Waals surface area contributed by atoms with Crippen molar-refractivity contribution in [3.63, 3.8) is 0 Å². The molecule has 2 fully saturated rings. The van der Waals surface area contributed by atoms with Gasteiger partial charge in [0.15, 0.2) is 5.96 Å². The summed E-state index contributed by atoms with van der Waals surface area (Å²) in [5, 5.41) is 31.4. The van der Waals surface area contributed by atoms with Crippen LogP contribution in [0.5, 0.6) is 0 Å². The molecule has 0 aromatic carbocycles. The first-order chi connectivity index (χ1) is 20.8. The predicted octanol–water partition coefficient (Wildman–Crippen LogP) is -3.52. The van der Waals surface area contributed by atoms with Gasteiger partial charge >= 0.3 is 5.97 Å². The zero-order valence-electron chi connectivity index (χ0n) is 25.3. The van der Waals surface area contributed by atoms with Crippen molar-refractivity contribution in [3.8, 4) is 0 Å². The van der Waals surface area contributed by atoms with E-state index in [-0.39, 0.29) is 43.7 Å². The number of carboxylic acids is 1. The van der Waals surface area contributed by atoms with E-state index in [4.69, 9.17) is 16.6 Å². The van der Waals surface area contributed by atoms with Crippen molar-refractivity contribution in [2.24, 2.45) is 22.4 Å². The third kappa shape index (κ3) is 11.6. The molecule has 2 aliphatic heterocycles. The molecule has 2 heterocycles. The van der Waals surface area contributed by atoms with Gasteiger partial charge in [-0.15, -0.1) is 0 Å². The van der Waals surface area contributed by atoms with E-state index >= 15 is 0 Å². The van der Waals surface area contributed by atoms with Crippen molar-refractivity contribution < 1.29 is 39.0 Å². The average molecular weight is 626 g/mol. The second-order valence-electron chi connectivity index (χ2n) is 11.4.